The molecule has 5 N–H and O–H groups in total. The Bertz CT molecular complexity index is 674. The predicted molar refractivity (Wildman–Crippen MR) is 82.0 cm³/mol. The minimum absolute atomic E-state index is 0.212. The van der Waals surface area contributed by atoms with Gasteiger partial charge in [0.2, 0.25) is 11.8 Å². The van der Waals surface area contributed by atoms with Gasteiger partial charge in [-0.15, -0.1) is 0 Å². The van der Waals surface area contributed by atoms with Gasteiger partial charge in [0, 0.05) is 5.69 Å². The van der Waals surface area contributed by atoms with E-state index in [1.807, 2.05) is 18.2 Å². The first-order valence-corrected chi connectivity index (χ1v) is 6.57. The lowest BCUT2D eigenvalue weighted by molar-refractivity contribution is -0.118. The van der Waals surface area contributed by atoms with E-state index in [9.17, 15) is 9.59 Å². The van der Waals surface area contributed by atoms with E-state index in [1.54, 1.807) is 18.2 Å². The van der Waals surface area contributed by atoms with E-state index >= 15 is 0 Å². The van der Waals surface area contributed by atoms with Crippen molar-refractivity contribution >= 4 is 29.1 Å². The number of amides is 2. The first-order valence-electron chi connectivity index (χ1n) is 6.19. The molecule has 5 nitrogen and oxygen atoms in total. The summed E-state index contributed by atoms with van der Waals surface area (Å²) in [4.78, 5) is 22.7. The summed E-state index contributed by atoms with van der Waals surface area (Å²) in [7, 11) is 0. The average Bonchev–Trinajstić information content (AvgIpc) is 2.45. The van der Waals surface area contributed by atoms with Gasteiger partial charge < -0.3 is 16.8 Å². The molecule has 21 heavy (non-hydrogen) atoms. The van der Waals surface area contributed by atoms with Crippen LogP contribution < -0.4 is 16.8 Å². The molecule has 0 spiro atoms. The van der Waals surface area contributed by atoms with Crippen molar-refractivity contribution in [3.05, 3.63) is 64.7 Å². The number of carbonyl (C=O) groups excluding carboxylic acids is 2. The first kappa shape index (κ1) is 14.9. The fraction of sp³-hybridized carbons (Fsp3) is 0.0667. The largest absolute Gasteiger partial charge is 0.370 e. The summed E-state index contributed by atoms with van der Waals surface area (Å²) in [5.41, 5.74) is 12.1. The molecule has 2 aromatic carbocycles. The molecule has 0 aliphatic rings. The smallest absolute Gasteiger partial charge is 0.250 e. The fourth-order valence-electron chi connectivity index (χ4n) is 1.94. The number of hydrogen-bond acceptors (Lipinski definition) is 3. The molecule has 0 unspecified atom stereocenters. The molecule has 0 aliphatic heterocycles. The van der Waals surface area contributed by atoms with Gasteiger partial charge in [-0.2, -0.15) is 0 Å². The topological polar surface area (TPSA) is 98.2 Å². The lowest BCUT2D eigenvalue weighted by Gasteiger charge is -2.17. The van der Waals surface area contributed by atoms with Crippen LogP contribution in [-0.2, 0) is 4.79 Å². The molecule has 0 fully saturated rings. The Hall–Kier alpha value is -2.53. The highest BCUT2D eigenvalue weighted by molar-refractivity contribution is 6.34. The highest BCUT2D eigenvalue weighted by atomic mass is 35.5. The molecule has 1 atom stereocenters. The highest BCUT2D eigenvalue weighted by Gasteiger charge is 2.18. The van der Waals surface area contributed by atoms with Gasteiger partial charge in [-0.3, -0.25) is 9.59 Å². The molecule has 0 aromatic heterocycles. The molecular formula is C15H14ClN3O2. The van der Waals surface area contributed by atoms with Crippen LogP contribution in [0.25, 0.3) is 0 Å². The molecule has 6 heteroatoms. The predicted octanol–water partition coefficient (Wildman–Crippen LogP) is 2.08. The highest BCUT2D eigenvalue weighted by Crippen LogP contribution is 2.24. The maximum atomic E-state index is 11.6. The van der Waals surface area contributed by atoms with Crippen LogP contribution in [0.2, 0.25) is 5.02 Å². The SMILES string of the molecule is NC(=O)c1ccc(N[C@@H](C(N)=O)c2ccccc2)cc1Cl. The van der Waals surface area contributed by atoms with Gasteiger partial charge in [0.1, 0.15) is 6.04 Å². The Balaban J connectivity index is 2.28. The lowest BCUT2D eigenvalue weighted by Crippen LogP contribution is -2.27. The number of nitrogens with one attached hydrogen (secondary N) is 1. The second-order valence-corrected chi connectivity index (χ2v) is 4.86. The molecule has 0 heterocycles. The molecular weight excluding hydrogens is 290 g/mol. The van der Waals surface area contributed by atoms with Crippen LogP contribution in [0.5, 0.6) is 0 Å². The summed E-state index contributed by atoms with van der Waals surface area (Å²) >= 11 is 5.98. The van der Waals surface area contributed by atoms with Crippen molar-refractivity contribution in [2.45, 2.75) is 6.04 Å². The van der Waals surface area contributed by atoms with E-state index in [2.05, 4.69) is 5.32 Å². The van der Waals surface area contributed by atoms with Gasteiger partial charge in [0.05, 0.1) is 10.6 Å². The van der Waals surface area contributed by atoms with Crippen molar-refractivity contribution in [3.8, 4) is 0 Å². The standard InChI is InChI=1S/C15H14ClN3O2/c16-12-8-10(6-7-11(12)14(17)20)19-13(15(18)21)9-4-2-1-3-5-9/h1-8,13,19H,(H2,17,20)(H2,18,21)/t13-/m1/s1. The average molecular weight is 304 g/mol. The van der Waals surface area contributed by atoms with Crippen LogP contribution in [0.3, 0.4) is 0 Å². The summed E-state index contributed by atoms with van der Waals surface area (Å²) in [5, 5.41) is 3.20. The number of anilines is 1. The third-order valence-electron chi connectivity index (χ3n) is 2.96. The van der Waals surface area contributed by atoms with E-state index < -0.39 is 17.9 Å². The summed E-state index contributed by atoms with van der Waals surface area (Å²) in [6.07, 6.45) is 0. The van der Waals surface area contributed by atoms with Gasteiger partial charge in [0.25, 0.3) is 0 Å². The summed E-state index contributed by atoms with van der Waals surface area (Å²) in [6, 6.07) is 13.0. The normalized spacial score (nSPS) is 11.7. The van der Waals surface area contributed by atoms with Crippen molar-refractivity contribution in [2.24, 2.45) is 11.5 Å². The zero-order chi connectivity index (χ0) is 15.4. The first-order chi connectivity index (χ1) is 9.99. The number of hydrogen-bond donors (Lipinski definition) is 3. The summed E-state index contributed by atoms with van der Waals surface area (Å²) in [5.74, 6) is -1.13. The van der Waals surface area contributed by atoms with Crippen molar-refractivity contribution in [3.63, 3.8) is 0 Å². The number of primary amides is 2. The minimum atomic E-state index is -0.693. The van der Waals surface area contributed by atoms with Crippen molar-refractivity contribution < 1.29 is 9.59 Å². The van der Waals surface area contributed by atoms with Gasteiger partial charge in [-0.25, -0.2) is 0 Å². The molecule has 2 rings (SSSR count). The van der Waals surface area contributed by atoms with Crippen molar-refractivity contribution in [1.29, 1.82) is 0 Å². The molecule has 0 aliphatic carbocycles. The third-order valence-corrected chi connectivity index (χ3v) is 3.28. The van der Waals surface area contributed by atoms with Gasteiger partial charge in [-0.05, 0) is 23.8 Å². The van der Waals surface area contributed by atoms with Gasteiger partial charge in [-0.1, -0.05) is 41.9 Å². The van der Waals surface area contributed by atoms with Crippen LogP contribution >= 0.6 is 11.6 Å². The fourth-order valence-corrected chi connectivity index (χ4v) is 2.21. The molecule has 2 aromatic rings. The van der Waals surface area contributed by atoms with E-state index in [1.165, 1.54) is 12.1 Å². The second-order valence-electron chi connectivity index (χ2n) is 4.45. The Labute approximate surface area is 126 Å². The maximum absolute atomic E-state index is 11.6. The van der Waals surface area contributed by atoms with Crippen LogP contribution in [0.1, 0.15) is 22.0 Å². The maximum Gasteiger partial charge on any atom is 0.250 e. The Kier molecular flexibility index (Phi) is 4.45. The summed E-state index contributed by atoms with van der Waals surface area (Å²) < 4.78 is 0. The second kappa shape index (κ2) is 6.28. The molecule has 2 amide bonds. The van der Waals surface area contributed by atoms with Gasteiger partial charge >= 0.3 is 0 Å². The number of rotatable bonds is 5. The number of halogens is 1. The van der Waals surface area contributed by atoms with E-state index in [-0.39, 0.29) is 10.6 Å². The number of benzene rings is 2. The quantitative estimate of drug-likeness (QED) is 0.788. The summed E-state index contributed by atoms with van der Waals surface area (Å²) in [6.45, 7) is 0. The Morgan fingerprint density at radius 1 is 1.05 bits per heavy atom. The molecule has 0 saturated heterocycles. The zero-order valence-corrected chi connectivity index (χ0v) is 11.8. The van der Waals surface area contributed by atoms with Crippen LogP contribution in [0.4, 0.5) is 5.69 Å². The number of carbonyl (C=O) groups is 2. The Morgan fingerprint density at radius 3 is 2.24 bits per heavy atom. The van der Waals surface area contributed by atoms with Crippen molar-refractivity contribution in [2.75, 3.05) is 5.32 Å². The molecule has 0 bridgehead atoms. The zero-order valence-electron chi connectivity index (χ0n) is 11.0. The Morgan fingerprint density at radius 2 is 1.71 bits per heavy atom. The lowest BCUT2D eigenvalue weighted by atomic mass is 10.1. The van der Waals surface area contributed by atoms with Crippen LogP contribution in [0.15, 0.2) is 48.5 Å². The third kappa shape index (κ3) is 3.52. The van der Waals surface area contributed by atoms with Gasteiger partial charge in [0.15, 0.2) is 0 Å². The van der Waals surface area contributed by atoms with E-state index in [4.69, 9.17) is 23.1 Å². The minimum Gasteiger partial charge on any atom is -0.370 e. The molecule has 0 radical (unpaired) electrons. The molecule has 0 saturated carbocycles. The van der Waals surface area contributed by atoms with Crippen LogP contribution in [-0.4, -0.2) is 11.8 Å². The van der Waals surface area contributed by atoms with Crippen molar-refractivity contribution in [1.82, 2.24) is 0 Å². The van der Waals surface area contributed by atoms with E-state index in [0.717, 1.165) is 5.56 Å². The molecule has 108 valence electrons. The number of nitrogens with two attached hydrogens (primary N) is 2. The van der Waals surface area contributed by atoms with E-state index in [0.29, 0.717) is 5.69 Å². The van der Waals surface area contributed by atoms with Crippen LogP contribution in [0, 0.1) is 0 Å². The monoisotopic (exact) mass is 303 g/mol.